The van der Waals surface area contributed by atoms with Gasteiger partial charge in [0.05, 0.1) is 11.0 Å². The molecule has 0 bridgehead atoms. The van der Waals surface area contributed by atoms with Crippen LogP contribution in [0.3, 0.4) is 0 Å². The van der Waals surface area contributed by atoms with E-state index in [2.05, 4.69) is 4.98 Å². The predicted octanol–water partition coefficient (Wildman–Crippen LogP) is 1.18. The van der Waals surface area contributed by atoms with Crippen molar-refractivity contribution < 1.29 is 14.7 Å². The molecule has 6 heteroatoms. The number of carboxylic acid groups (broad SMARTS) is 1. The SMILES string of the molecule is Cc1ccc(C(N)=O)c(N2CCC(C)(C(=O)O)CC2)n1. The van der Waals surface area contributed by atoms with Crippen LogP contribution in [-0.2, 0) is 4.79 Å². The van der Waals surface area contributed by atoms with E-state index in [1.54, 1.807) is 19.1 Å². The van der Waals surface area contributed by atoms with Crippen molar-refractivity contribution in [2.24, 2.45) is 11.1 Å². The number of piperidine rings is 1. The van der Waals surface area contributed by atoms with E-state index in [1.807, 2.05) is 11.8 Å². The first kappa shape index (κ1) is 14.3. The molecule has 0 atom stereocenters. The Hall–Kier alpha value is -2.11. The zero-order valence-corrected chi connectivity index (χ0v) is 11.7. The highest BCUT2D eigenvalue weighted by atomic mass is 16.4. The second-order valence-corrected chi connectivity index (χ2v) is 5.54. The van der Waals surface area contributed by atoms with E-state index < -0.39 is 17.3 Å². The average molecular weight is 277 g/mol. The van der Waals surface area contributed by atoms with Crippen LogP contribution in [0.5, 0.6) is 0 Å². The molecule has 0 saturated carbocycles. The van der Waals surface area contributed by atoms with Gasteiger partial charge in [-0.3, -0.25) is 9.59 Å². The third kappa shape index (κ3) is 2.59. The van der Waals surface area contributed by atoms with Gasteiger partial charge in [0.25, 0.3) is 5.91 Å². The summed E-state index contributed by atoms with van der Waals surface area (Å²) < 4.78 is 0. The fourth-order valence-corrected chi connectivity index (χ4v) is 2.40. The number of nitrogens with zero attached hydrogens (tertiary/aromatic N) is 2. The highest BCUT2D eigenvalue weighted by molar-refractivity contribution is 5.97. The topological polar surface area (TPSA) is 96.5 Å². The first-order chi connectivity index (χ1) is 9.33. The van der Waals surface area contributed by atoms with Crippen LogP contribution < -0.4 is 10.6 Å². The van der Waals surface area contributed by atoms with Crippen molar-refractivity contribution in [1.82, 2.24) is 4.98 Å². The molecule has 20 heavy (non-hydrogen) atoms. The minimum absolute atomic E-state index is 0.384. The molecular weight excluding hydrogens is 258 g/mol. The van der Waals surface area contributed by atoms with E-state index in [0.717, 1.165) is 5.69 Å². The van der Waals surface area contributed by atoms with Crippen molar-refractivity contribution in [3.8, 4) is 0 Å². The number of amides is 1. The summed E-state index contributed by atoms with van der Waals surface area (Å²) in [5.74, 6) is -0.728. The average Bonchev–Trinajstić information content (AvgIpc) is 2.39. The number of primary amides is 1. The van der Waals surface area contributed by atoms with Crippen LogP contribution in [0.2, 0.25) is 0 Å². The molecule has 1 fully saturated rings. The molecule has 0 spiro atoms. The number of anilines is 1. The number of pyridine rings is 1. The van der Waals surface area contributed by atoms with Crippen molar-refractivity contribution in [3.63, 3.8) is 0 Å². The fraction of sp³-hybridized carbons (Fsp3) is 0.500. The molecule has 1 saturated heterocycles. The number of nitrogens with two attached hydrogens (primary N) is 1. The molecule has 1 aliphatic heterocycles. The third-order valence-corrected chi connectivity index (χ3v) is 3.96. The summed E-state index contributed by atoms with van der Waals surface area (Å²) >= 11 is 0. The molecule has 6 nitrogen and oxygen atoms in total. The summed E-state index contributed by atoms with van der Waals surface area (Å²) in [7, 11) is 0. The largest absolute Gasteiger partial charge is 0.481 e. The minimum Gasteiger partial charge on any atom is -0.481 e. The van der Waals surface area contributed by atoms with E-state index in [9.17, 15) is 14.7 Å². The summed E-state index contributed by atoms with van der Waals surface area (Å²) in [4.78, 5) is 29.0. The Bertz CT molecular complexity index is 549. The van der Waals surface area contributed by atoms with Crippen LogP contribution in [0.25, 0.3) is 0 Å². The van der Waals surface area contributed by atoms with E-state index in [4.69, 9.17) is 5.73 Å². The number of hydrogen-bond acceptors (Lipinski definition) is 4. The second kappa shape index (κ2) is 5.11. The minimum atomic E-state index is -0.774. The van der Waals surface area contributed by atoms with Gasteiger partial charge in [0, 0.05) is 18.8 Å². The van der Waals surface area contributed by atoms with Crippen molar-refractivity contribution in [1.29, 1.82) is 0 Å². The van der Waals surface area contributed by atoms with Gasteiger partial charge in [0.1, 0.15) is 5.82 Å². The number of aromatic nitrogens is 1. The normalized spacial score (nSPS) is 17.8. The first-order valence-corrected chi connectivity index (χ1v) is 6.59. The Balaban J connectivity index is 2.25. The van der Waals surface area contributed by atoms with Gasteiger partial charge in [0.15, 0.2) is 0 Å². The van der Waals surface area contributed by atoms with E-state index >= 15 is 0 Å². The summed E-state index contributed by atoms with van der Waals surface area (Å²) in [6.45, 7) is 4.71. The third-order valence-electron chi connectivity index (χ3n) is 3.96. The number of carbonyl (C=O) groups is 2. The number of carbonyl (C=O) groups excluding carboxylic acids is 1. The highest BCUT2D eigenvalue weighted by Crippen LogP contribution is 2.33. The molecule has 3 N–H and O–H groups in total. The van der Waals surface area contributed by atoms with Crippen LogP contribution in [0.15, 0.2) is 12.1 Å². The van der Waals surface area contributed by atoms with Crippen LogP contribution >= 0.6 is 0 Å². The predicted molar refractivity (Wildman–Crippen MR) is 74.7 cm³/mol. The Morgan fingerprint density at radius 2 is 1.95 bits per heavy atom. The van der Waals surface area contributed by atoms with Crippen molar-refractivity contribution in [2.75, 3.05) is 18.0 Å². The number of carboxylic acids is 1. The van der Waals surface area contributed by atoms with Gasteiger partial charge >= 0.3 is 5.97 Å². The Morgan fingerprint density at radius 3 is 2.45 bits per heavy atom. The Kier molecular flexibility index (Phi) is 3.65. The monoisotopic (exact) mass is 277 g/mol. The van der Waals surface area contributed by atoms with E-state index in [1.165, 1.54) is 0 Å². The number of hydrogen-bond donors (Lipinski definition) is 2. The maximum absolute atomic E-state index is 11.5. The first-order valence-electron chi connectivity index (χ1n) is 6.59. The summed E-state index contributed by atoms with van der Waals surface area (Å²) in [6, 6.07) is 3.42. The molecule has 2 rings (SSSR count). The number of aliphatic carboxylic acids is 1. The maximum atomic E-state index is 11.5. The standard InChI is InChI=1S/C14H19N3O3/c1-9-3-4-10(11(15)18)12(16-9)17-7-5-14(2,6-8-17)13(19)20/h3-4H,5-8H2,1-2H3,(H2,15,18)(H,19,20). The lowest BCUT2D eigenvalue weighted by Gasteiger charge is -2.37. The molecule has 0 aliphatic carbocycles. The van der Waals surface area contributed by atoms with Crippen LogP contribution in [-0.4, -0.2) is 35.1 Å². The molecule has 1 amide bonds. The Labute approximate surface area is 117 Å². The van der Waals surface area contributed by atoms with Gasteiger partial charge in [0.2, 0.25) is 0 Å². The zero-order chi connectivity index (χ0) is 14.9. The molecule has 1 aromatic rings. The Morgan fingerprint density at radius 1 is 1.35 bits per heavy atom. The molecule has 1 aromatic heterocycles. The second-order valence-electron chi connectivity index (χ2n) is 5.54. The van der Waals surface area contributed by atoms with Crippen LogP contribution in [0, 0.1) is 12.3 Å². The number of rotatable bonds is 3. The van der Waals surface area contributed by atoms with Gasteiger partial charge in [-0.2, -0.15) is 0 Å². The van der Waals surface area contributed by atoms with Crippen molar-refractivity contribution in [2.45, 2.75) is 26.7 Å². The number of aryl methyl sites for hydroxylation is 1. The van der Waals surface area contributed by atoms with E-state index in [0.29, 0.717) is 37.3 Å². The summed E-state index contributed by atoms with van der Waals surface area (Å²) in [5.41, 5.74) is 5.86. The quantitative estimate of drug-likeness (QED) is 0.864. The van der Waals surface area contributed by atoms with Crippen molar-refractivity contribution >= 4 is 17.7 Å². The highest BCUT2D eigenvalue weighted by Gasteiger charge is 2.37. The summed E-state index contributed by atoms with van der Waals surface area (Å²) in [5, 5.41) is 9.23. The van der Waals surface area contributed by atoms with Gasteiger partial charge in [-0.25, -0.2) is 4.98 Å². The van der Waals surface area contributed by atoms with Gasteiger partial charge in [-0.05, 0) is 38.8 Å². The smallest absolute Gasteiger partial charge is 0.309 e. The zero-order valence-electron chi connectivity index (χ0n) is 11.7. The lowest BCUT2D eigenvalue weighted by molar-refractivity contribution is -0.149. The fourth-order valence-electron chi connectivity index (χ4n) is 2.40. The van der Waals surface area contributed by atoms with Gasteiger partial charge < -0.3 is 15.7 Å². The molecular formula is C14H19N3O3. The molecule has 0 aromatic carbocycles. The lowest BCUT2D eigenvalue weighted by Crippen LogP contribution is -2.43. The summed E-state index contributed by atoms with van der Waals surface area (Å²) in [6.07, 6.45) is 1.05. The van der Waals surface area contributed by atoms with Gasteiger partial charge in [-0.1, -0.05) is 0 Å². The molecule has 0 radical (unpaired) electrons. The van der Waals surface area contributed by atoms with E-state index in [-0.39, 0.29) is 0 Å². The molecule has 108 valence electrons. The van der Waals surface area contributed by atoms with Crippen LogP contribution in [0.4, 0.5) is 5.82 Å². The van der Waals surface area contributed by atoms with Crippen molar-refractivity contribution in [3.05, 3.63) is 23.4 Å². The van der Waals surface area contributed by atoms with Gasteiger partial charge in [-0.15, -0.1) is 0 Å². The lowest BCUT2D eigenvalue weighted by atomic mass is 9.80. The van der Waals surface area contributed by atoms with Crippen LogP contribution in [0.1, 0.15) is 35.8 Å². The maximum Gasteiger partial charge on any atom is 0.309 e. The molecule has 2 heterocycles. The molecule has 0 unspecified atom stereocenters. The molecule has 1 aliphatic rings.